The van der Waals surface area contributed by atoms with Crippen LogP contribution in [0.5, 0.6) is 0 Å². The molecule has 1 fully saturated rings. The summed E-state index contributed by atoms with van der Waals surface area (Å²) in [4.78, 5) is 21.5. The van der Waals surface area contributed by atoms with Gasteiger partial charge in [0.1, 0.15) is 16.9 Å². The van der Waals surface area contributed by atoms with Gasteiger partial charge in [0.05, 0.1) is 6.04 Å². The van der Waals surface area contributed by atoms with Crippen molar-refractivity contribution in [1.29, 1.82) is 0 Å². The van der Waals surface area contributed by atoms with Crippen LogP contribution in [0.4, 0.5) is 0 Å². The SMILES string of the molecule is CN1CCN(C(=O)c2ccc3n[nH]nc3c2)CC1c1nccn1C. The van der Waals surface area contributed by atoms with Gasteiger partial charge in [-0.25, -0.2) is 4.98 Å². The van der Waals surface area contributed by atoms with Crippen molar-refractivity contribution in [2.45, 2.75) is 6.04 Å². The molecule has 2 aromatic heterocycles. The zero-order valence-electron chi connectivity index (χ0n) is 13.7. The molecule has 4 rings (SSSR count). The van der Waals surface area contributed by atoms with E-state index in [1.807, 2.05) is 28.8 Å². The third kappa shape index (κ3) is 2.44. The second kappa shape index (κ2) is 5.72. The Labute approximate surface area is 139 Å². The number of likely N-dealkylation sites (N-methyl/N-ethyl adjacent to an activating group) is 1. The summed E-state index contributed by atoms with van der Waals surface area (Å²) in [5.74, 6) is 0.995. The highest BCUT2D eigenvalue weighted by molar-refractivity contribution is 5.97. The molecule has 124 valence electrons. The third-order valence-corrected chi connectivity index (χ3v) is 4.65. The Bertz CT molecular complexity index is 883. The van der Waals surface area contributed by atoms with Crippen LogP contribution in [0, 0.1) is 0 Å². The lowest BCUT2D eigenvalue weighted by molar-refractivity contribution is 0.0529. The van der Waals surface area contributed by atoms with Crippen molar-refractivity contribution in [3.8, 4) is 0 Å². The van der Waals surface area contributed by atoms with E-state index >= 15 is 0 Å². The number of aryl methyl sites for hydroxylation is 1. The molecule has 0 bridgehead atoms. The maximum atomic E-state index is 12.9. The number of benzene rings is 1. The smallest absolute Gasteiger partial charge is 0.254 e. The third-order valence-electron chi connectivity index (χ3n) is 4.65. The van der Waals surface area contributed by atoms with E-state index in [0.29, 0.717) is 24.2 Å². The topological polar surface area (TPSA) is 82.9 Å². The number of hydrogen-bond donors (Lipinski definition) is 1. The summed E-state index contributed by atoms with van der Waals surface area (Å²) in [5, 5.41) is 10.7. The molecule has 0 saturated carbocycles. The second-order valence-corrected chi connectivity index (χ2v) is 6.17. The van der Waals surface area contributed by atoms with Gasteiger partial charge in [-0.15, -0.1) is 0 Å². The van der Waals surface area contributed by atoms with E-state index in [1.165, 1.54) is 0 Å². The Morgan fingerprint density at radius 1 is 1.21 bits per heavy atom. The normalized spacial score (nSPS) is 19.1. The number of H-pyrrole nitrogens is 1. The molecule has 0 aliphatic carbocycles. The van der Waals surface area contributed by atoms with Crippen LogP contribution in [0.15, 0.2) is 30.6 Å². The zero-order valence-corrected chi connectivity index (χ0v) is 13.7. The standard InChI is InChI=1S/C16H19N7O/c1-21-7-8-23(10-14(21)15-17-5-6-22(15)2)16(24)11-3-4-12-13(9-11)19-20-18-12/h3-6,9,14H,7-8,10H2,1-2H3,(H,18,19,20). The number of nitrogens with zero attached hydrogens (tertiary/aromatic N) is 6. The van der Waals surface area contributed by atoms with Gasteiger partial charge in [-0.1, -0.05) is 0 Å². The monoisotopic (exact) mass is 325 g/mol. The minimum absolute atomic E-state index is 0.0206. The van der Waals surface area contributed by atoms with E-state index in [9.17, 15) is 4.79 Å². The van der Waals surface area contributed by atoms with Crippen LogP contribution in [0.3, 0.4) is 0 Å². The number of amides is 1. The molecule has 1 atom stereocenters. The average molecular weight is 325 g/mol. The fourth-order valence-corrected chi connectivity index (χ4v) is 3.19. The van der Waals surface area contributed by atoms with E-state index in [-0.39, 0.29) is 11.9 Å². The fraction of sp³-hybridized carbons (Fsp3) is 0.375. The molecule has 1 aliphatic rings. The Balaban J connectivity index is 1.59. The van der Waals surface area contributed by atoms with Gasteiger partial charge in [-0.3, -0.25) is 9.69 Å². The second-order valence-electron chi connectivity index (χ2n) is 6.17. The molecule has 1 unspecified atom stereocenters. The first-order valence-corrected chi connectivity index (χ1v) is 7.91. The van der Waals surface area contributed by atoms with Crippen LogP contribution in [-0.2, 0) is 7.05 Å². The van der Waals surface area contributed by atoms with Crippen molar-refractivity contribution >= 4 is 16.9 Å². The molecular weight excluding hydrogens is 306 g/mol. The van der Waals surface area contributed by atoms with Crippen molar-refractivity contribution < 1.29 is 4.79 Å². The maximum Gasteiger partial charge on any atom is 0.254 e. The number of aromatic nitrogens is 5. The number of carbonyl (C=O) groups is 1. The van der Waals surface area contributed by atoms with Crippen LogP contribution < -0.4 is 0 Å². The van der Waals surface area contributed by atoms with E-state index in [4.69, 9.17) is 0 Å². The quantitative estimate of drug-likeness (QED) is 0.754. The number of aromatic amines is 1. The Kier molecular flexibility index (Phi) is 3.53. The summed E-state index contributed by atoms with van der Waals surface area (Å²) in [6, 6.07) is 5.51. The molecule has 1 aliphatic heterocycles. The Hall–Kier alpha value is -2.74. The van der Waals surface area contributed by atoms with E-state index < -0.39 is 0 Å². The Morgan fingerprint density at radius 2 is 2.04 bits per heavy atom. The fourth-order valence-electron chi connectivity index (χ4n) is 3.19. The predicted octanol–water partition coefficient (Wildman–Crippen LogP) is 0.820. The van der Waals surface area contributed by atoms with Gasteiger partial charge < -0.3 is 9.47 Å². The molecule has 8 heteroatoms. The van der Waals surface area contributed by atoms with Gasteiger partial charge in [-0.2, -0.15) is 15.4 Å². The van der Waals surface area contributed by atoms with Crippen LogP contribution in [0.1, 0.15) is 22.2 Å². The molecule has 24 heavy (non-hydrogen) atoms. The van der Waals surface area contributed by atoms with Gasteiger partial charge in [0, 0.05) is 44.6 Å². The molecule has 3 heterocycles. The maximum absolute atomic E-state index is 12.9. The average Bonchev–Trinajstić information content (AvgIpc) is 3.22. The minimum atomic E-state index is 0.0206. The summed E-state index contributed by atoms with van der Waals surface area (Å²) in [6.45, 7) is 2.14. The number of nitrogens with one attached hydrogen (secondary N) is 1. The summed E-state index contributed by atoms with van der Waals surface area (Å²) in [6.07, 6.45) is 3.73. The van der Waals surface area contributed by atoms with E-state index in [1.54, 1.807) is 18.3 Å². The molecule has 0 radical (unpaired) electrons. The number of fused-ring (bicyclic) bond motifs is 1. The van der Waals surface area contributed by atoms with Crippen molar-refractivity contribution in [2.24, 2.45) is 7.05 Å². The van der Waals surface area contributed by atoms with Crippen molar-refractivity contribution in [3.63, 3.8) is 0 Å². The first-order chi connectivity index (χ1) is 11.6. The molecule has 1 N–H and O–H groups in total. The van der Waals surface area contributed by atoms with Crippen molar-refractivity contribution in [3.05, 3.63) is 42.0 Å². The van der Waals surface area contributed by atoms with E-state index in [2.05, 4.69) is 32.3 Å². The van der Waals surface area contributed by atoms with Crippen LogP contribution in [0.2, 0.25) is 0 Å². The summed E-state index contributed by atoms with van der Waals surface area (Å²) < 4.78 is 2.01. The predicted molar refractivity (Wildman–Crippen MR) is 88.4 cm³/mol. The molecule has 0 spiro atoms. The molecule has 8 nitrogen and oxygen atoms in total. The van der Waals surface area contributed by atoms with Gasteiger partial charge in [0.2, 0.25) is 0 Å². The van der Waals surface area contributed by atoms with Crippen LogP contribution in [-0.4, -0.2) is 67.4 Å². The highest BCUT2D eigenvalue weighted by atomic mass is 16.2. The van der Waals surface area contributed by atoms with Crippen molar-refractivity contribution in [1.82, 2.24) is 34.8 Å². The molecular formula is C16H19N7O. The molecule has 1 saturated heterocycles. The summed E-state index contributed by atoms with van der Waals surface area (Å²) in [7, 11) is 4.05. The number of carbonyl (C=O) groups excluding carboxylic acids is 1. The van der Waals surface area contributed by atoms with Gasteiger partial charge in [-0.05, 0) is 25.2 Å². The zero-order chi connectivity index (χ0) is 16.7. The minimum Gasteiger partial charge on any atom is -0.337 e. The van der Waals surface area contributed by atoms with Gasteiger partial charge in [0.15, 0.2) is 0 Å². The summed E-state index contributed by atoms with van der Waals surface area (Å²) >= 11 is 0. The number of hydrogen-bond acceptors (Lipinski definition) is 5. The molecule has 1 amide bonds. The first kappa shape index (κ1) is 14.8. The highest BCUT2D eigenvalue weighted by Gasteiger charge is 2.31. The highest BCUT2D eigenvalue weighted by Crippen LogP contribution is 2.24. The summed E-state index contributed by atoms with van der Waals surface area (Å²) in [5.41, 5.74) is 2.10. The lowest BCUT2D eigenvalue weighted by Crippen LogP contribution is -2.49. The van der Waals surface area contributed by atoms with Crippen LogP contribution >= 0.6 is 0 Å². The lowest BCUT2D eigenvalue weighted by atomic mass is 10.1. The number of rotatable bonds is 2. The van der Waals surface area contributed by atoms with Gasteiger partial charge >= 0.3 is 0 Å². The number of imidazole rings is 1. The van der Waals surface area contributed by atoms with Crippen molar-refractivity contribution in [2.75, 3.05) is 26.7 Å². The Morgan fingerprint density at radius 3 is 2.83 bits per heavy atom. The number of piperazine rings is 1. The molecule has 1 aromatic carbocycles. The lowest BCUT2D eigenvalue weighted by Gasteiger charge is -2.39. The molecule has 3 aromatic rings. The van der Waals surface area contributed by atoms with Crippen LogP contribution in [0.25, 0.3) is 11.0 Å². The first-order valence-electron chi connectivity index (χ1n) is 7.91. The van der Waals surface area contributed by atoms with E-state index in [0.717, 1.165) is 17.9 Å². The van der Waals surface area contributed by atoms with Gasteiger partial charge in [0.25, 0.3) is 5.91 Å². The largest absolute Gasteiger partial charge is 0.337 e.